The lowest BCUT2D eigenvalue weighted by atomic mass is 9.88. The minimum Gasteiger partial charge on any atom is -0.406 e. The molecular weight excluding hydrogens is 379 g/mol. The molecule has 154 valence electrons. The van der Waals surface area contributed by atoms with Crippen LogP contribution in [0, 0.1) is 0 Å². The zero-order valence-electron chi connectivity index (χ0n) is 15.6. The minimum atomic E-state index is -4.81. The molecule has 0 atom stereocenters. The smallest absolute Gasteiger partial charge is 0.406 e. The first-order chi connectivity index (χ1) is 13.1. The van der Waals surface area contributed by atoms with Crippen molar-refractivity contribution < 1.29 is 32.3 Å². The number of hydrogen-bond donors (Lipinski definition) is 2. The van der Waals surface area contributed by atoms with Gasteiger partial charge in [-0.2, -0.15) is 0 Å². The number of nitrogens with one attached hydrogen (secondary N) is 2. The number of hydrogen-bond acceptors (Lipinski definition) is 4. The van der Waals surface area contributed by atoms with Crippen LogP contribution in [0.15, 0.2) is 24.3 Å². The first-order valence-electron chi connectivity index (χ1n) is 8.90. The summed E-state index contributed by atoms with van der Waals surface area (Å²) in [5.74, 6) is -1.51. The number of benzene rings is 1. The van der Waals surface area contributed by atoms with Gasteiger partial charge in [-0.1, -0.05) is 26.7 Å². The summed E-state index contributed by atoms with van der Waals surface area (Å²) >= 11 is 0. The Labute approximate surface area is 160 Å². The molecule has 4 amide bonds. The molecule has 0 saturated carbocycles. The second kappa shape index (κ2) is 8.49. The van der Waals surface area contributed by atoms with Gasteiger partial charge in [-0.3, -0.25) is 14.5 Å². The van der Waals surface area contributed by atoms with Crippen LogP contribution in [0.25, 0.3) is 0 Å². The number of carbonyl (C=O) groups is 3. The van der Waals surface area contributed by atoms with Crippen LogP contribution < -0.4 is 15.4 Å². The van der Waals surface area contributed by atoms with Gasteiger partial charge in [0.05, 0.1) is 0 Å². The number of alkyl halides is 3. The third kappa shape index (κ3) is 5.14. The van der Waals surface area contributed by atoms with Crippen LogP contribution in [0.4, 0.5) is 23.7 Å². The lowest BCUT2D eigenvalue weighted by Gasteiger charge is -2.25. The standard InChI is InChI=1S/C18H22F3N3O4/c1-3-9-17(10-4-2)15(26)24(16(27)23-17)11-14(25)22-12-5-7-13(8-6-12)28-18(19,20)21/h5-8H,3-4,9-11H2,1-2H3,(H,22,25)(H,23,27). The molecule has 7 nitrogen and oxygen atoms in total. The SMILES string of the molecule is CCCC1(CCC)NC(=O)N(CC(=O)Nc2ccc(OC(F)(F)F)cc2)C1=O. The van der Waals surface area contributed by atoms with Crippen LogP contribution in [-0.4, -0.2) is 41.2 Å². The van der Waals surface area contributed by atoms with E-state index in [4.69, 9.17) is 0 Å². The van der Waals surface area contributed by atoms with E-state index in [0.717, 1.165) is 17.0 Å². The van der Waals surface area contributed by atoms with Crippen molar-refractivity contribution in [2.75, 3.05) is 11.9 Å². The largest absolute Gasteiger partial charge is 0.573 e. The summed E-state index contributed by atoms with van der Waals surface area (Å²) in [5, 5.41) is 5.14. The maximum absolute atomic E-state index is 12.7. The molecule has 0 aromatic heterocycles. The van der Waals surface area contributed by atoms with E-state index in [-0.39, 0.29) is 5.69 Å². The Morgan fingerprint density at radius 3 is 2.21 bits per heavy atom. The normalized spacial score (nSPS) is 16.1. The van der Waals surface area contributed by atoms with Crippen LogP contribution in [-0.2, 0) is 9.59 Å². The van der Waals surface area contributed by atoms with Crippen molar-refractivity contribution in [2.24, 2.45) is 0 Å². The van der Waals surface area contributed by atoms with Crippen LogP contribution in [0.1, 0.15) is 39.5 Å². The monoisotopic (exact) mass is 401 g/mol. The van der Waals surface area contributed by atoms with E-state index in [0.29, 0.717) is 25.7 Å². The molecule has 0 bridgehead atoms. The van der Waals surface area contributed by atoms with Gasteiger partial charge in [0.2, 0.25) is 5.91 Å². The molecule has 1 saturated heterocycles. The van der Waals surface area contributed by atoms with Gasteiger partial charge >= 0.3 is 12.4 Å². The predicted octanol–water partition coefficient (Wildman–Crippen LogP) is 3.41. The molecule has 10 heteroatoms. The number of carbonyl (C=O) groups excluding carboxylic acids is 3. The van der Waals surface area contributed by atoms with Gasteiger partial charge in [-0.25, -0.2) is 4.79 Å². The molecular formula is C18H22F3N3O4. The zero-order valence-corrected chi connectivity index (χ0v) is 15.6. The van der Waals surface area contributed by atoms with Gasteiger partial charge in [-0.05, 0) is 37.1 Å². The van der Waals surface area contributed by atoms with Gasteiger partial charge in [0, 0.05) is 5.69 Å². The Morgan fingerprint density at radius 2 is 1.71 bits per heavy atom. The number of anilines is 1. The van der Waals surface area contributed by atoms with Crippen LogP contribution in [0.3, 0.4) is 0 Å². The first-order valence-corrected chi connectivity index (χ1v) is 8.90. The number of halogens is 3. The fraction of sp³-hybridized carbons (Fsp3) is 0.500. The summed E-state index contributed by atoms with van der Waals surface area (Å²) in [6, 6.07) is 3.91. The molecule has 1 aliphatic heterocycles. The fourth-order valence-corrected chi connectivity index (χ4v) is 3.22. The molecule has 2 rings (SSSR count). The van der Waals surface area contributed by atoms with E-state index in [2.05, 4.69) is 15.4 Å². The highest BCUT2D eigenvalue weighted by atomic mass is 19.4. The Hall–Kier alpha value is -2.78. The zero-order chi connectivity index (χ0) is 20.9. The number of rotatable bonds is 8. The van der Waals surface area contributed by atoms with Crippen molar-refractivity contribution in [3.8, 4) is 5.75 Å². The summed E-state index contributed by atoms with van der Waals surface area (Å²) in [6.45, 7) is 3.32. The molecule has 1 heterocycles. The average Bonchev–Trinajstić information content (AvgIpc) is 2.80. The lowest BCUT2D eigenvalue weighted by molar-refractivity contribution is -0.274. The van der Waals surface area contributed by atoms with Gasteiger partial charge in [0.25, 0.3) is 5.91 Å². The first kappa shape index (κ1) is 21.5. The average molecular weight is 401 g/mol. The molecule has 2 N–H and O–H groups in total. The topological polar surface area (TPSA) is 87.7 Å². The summed E-state index contributed by atoms with van der Waals surface area (Å²) < 4.78 is 40.2. The molecule has 0 spiro atoms. The van der Waals surface area contributed by atoms with E-state index in [1.54, 1.807) is 0 Å². The fourth-order valence-electron chi connectivity index (χ4n) is 3.22. The molecule has 28 heavy (non-hydrogen) atoms. The van der Waals surface area contributed by atoms with Crippen molar-refractivity contribution in [1.82, 2.24) is 10.2 Å². The van der Waals surface area contributed by atoms with Crippen molar-refractivity contribution >= 4 is 23.5 Å². The minimum absolute atomic E-state index is 0.208. The number of imide groups is 1. The third-order valence-corrected chi connectivity index (χ3v) is 4.27. The predicted molar refractivity (Wildman–Crippen MR) is 94.5 cm³/mol. The molecule has 0 aliphatic carbocycles. The molecule has 0 radical (unpaired) electrons. The number of urea groups is 1. The third-order valence-electron chi connectivity index (χ3n) is 4.27. The molecule has 1 aliphatic rings. The summed E-state index contributed by atoms with van der Waals surface area (Å²) in [4.78, 5) is 38.0. The van der Waals surface area contributed by atoms with Crippen molar-refractivity contribution in [2.45, 2.75) is 51.4 Å². The summed E-state index contributed by atoms with van der Waals surface area (Å²) in [5.41, 5.74) is -0.780. The Balaban J connectivity index is 2.00. The molecule has 1 fully saturated rings. The van der Waals surface area contributed by atoms with Crippen molar-refractivity contribution in [3.05, 3.63) is 24.3 Å². The van der Waals surface area contributed by atoms with Crippen molar-refractivity contribution in [3.63, 3.8) is 0 Å². The van der Waals surface area contributed by atoms with E-state index in [9.17, 15) is 27.6 Å². The number of ether oxygens (including phenoxy) is 1. The summed E-state index contributed by atoms with van der Waals surface area (Å²) in [7, 11) is 0. The molecule has 0 unspecified atom stereocenters. The van der Waals surface area contributed by atoms with Crippen LogP contribution in [0.5, 0.6) is 5.75 Å². The van der Waals surface area contributed by atoms with Gasteiger partial charge < -0.3 is 15.4 Å². The second-order valence-electron chi connectivity index (χ2n) is 6.52. The highest BCUT2D eigenvalue weighted by Crippen LogP contribution is 2.28. The Bertz CT molecular complexity index is 729. The van der Waals surface area contributed by atoms with E-state index in [1.807, 2.05) is 13.8 Å². The Kier molecular flexibility index (Phi) is 6.52. The Morgan fingerprint density at radius 1 is 1.14 bits per heavy atom. The van der Waals surface area contributed by atoms with Crippen LogP contribution in [0.2, 0.25) is 0 Å². The lowest BCUT2D eigenvalue weighted by Crippen LogP contribution is -2.47. The highest BCUT2D eigenvalue weighted by Gasteiger charge is 2.50. The maximum Gasteiger partial charge on any atom is 0.573 e. The van der Waals surface area contributed by atoms with E-state index in [1.165, 1.54) is 12.1 Å². The molecule has 1 aromatic rings. The summed E-state index contributed by atoms with van der Waals surface area (Å²) in [6.07, 6.45) is -2.47. The maximum atomic E-state index is 12.7. The van der Waals surface area contributed by atoms with Gasteiger partial charge in [0.1, 0.15) is 17.8 Å². The molecule has 1 aromatic carbocycles. The van der Waals surface area contributed by atoms with Gasteiger partial charge in [-0.15, -0.1) is 13.2 Å². The van der Waals surface area contributed by atoms with Crippen LogP contribution >= 0.6 is 0 Å². The van der Waals surface area contributed by atoms with Gasteiger partial charge in [0.15, 0.2) is 0 Å². The highest BCUT2D eigenvalue weighted by molar-refractivity contribution is 6.10. The quantitative estimate of drug-likeness (QED) is 0.654. The second-order valence-corrected chi connectivity index (χ2v) is 6.52. The van der Waals surface area contributed by atoms with Crippen molar-refractivity contribution in [1.29, 1.82) is 0 Å². The van der Waals surface area contributed by atoms with E-state index >= 15 is 0 Å². The van der Waals surface area contributed by atoms with E-state index < -0.39 is 42.0 Å². The number of amides is 4. The number of nitrogens with zero attached hydrogens (tertiary/aromatic N) is 1.